The van der Waals surface area contributed by atoms with Crippen molar-refractivity contribution in [3.63, 3.8) is 0 Å². The number of ether oxygens (including phenoxy) is 4. The van der Waals surface area contributed by atoms with Crippen LogP contribution in [0, 0.1) is 10.1 Å². The highest BCUT2D eigenvalue weighted by atomic mass is 79.9. The molecule has 13 heteroatoms. The highest BCUT2D eigenvalue weighted by molar-refractivity contribution is 9.10. The number of carbonyl (C=O) groups is 1. The van der Waals surface area contributed by atoms with Crippen LogP contribution in [0.3, 0.4) is 0 Å². The number of thiazole rings is 1. The fraction of sp³-hybridized carbons (Fsp3) is 0.300. The van der Waals surface area contributed by atoms with E-state index in [1.54, 1.807) is 44.2 Å². The number of hydrogen-bond donors (Lipinski definition) is 0. The number of carbonyl (C=O) groups excluding carboxylic acids is 1. The van der Waals surface area contributed by atoms with Crippen LogP contribution in [-0.2, 0) is 9.53 Å². The lowest BCUT2D eigenvalue weighted by molar-refractivity contribution is -0.385. The molecule has 0 unspecified atom stereocenters. The van der Waals surface area contributed by atoms with Crippen LogP contribution in [0.1, 0.15) is 44.9 Å². The molecule has 4 rings (SSSR count). The van der Waals surface area contributed by atoms with Gasteiger partial charge in [-0.1, -0.05) is 30.1 Å². The lowest BCUT2D eigenvalue weighted by Crippen LogP contribution is -2.40. The molecular formula is C30H30BrN3O8S. The van der Waals surface area contributed by atoms with E-state index in [-0.39, 0.29) is 40.9 Å². The maximum Gasteiger partial charge on any atom is 0.338 e. The Balaban J connectivity index is 1.94. The number of halogens is 1. The molecule has 3 aromatic rings. The molecule has 0 saturated carbocycles. The average molecular weight is 673 g/mol. The molecule has 2 aromatic carbocycles. The van der Waals surface area contributed by atoms with Gasteiger partial charge in [-0.05, 0) is 79.0 Å². The molecule has 0 spiro atoms. The van der Waals surface area contributed by atoms with Crippen LogP contribution in [0.5, 0.6) is 17.2 Å². The lowest BCUT2D eigenvalue weighted by Gasteiger charge is -2.25. The van der Waals surface area contributed by atoms with Crippen LogP contribution in [0.15, 0.2) is 68.5 Å². The van der Waals surface area contributed by atoms with Crippen molar-refractivity contribution < 1.29 is 28.7 Å². The first-order valence-electron chi connectivity index (χ1n) is 13.3. The number of hydrogen-bond acceptors (Lipinski definition) is 10. The van der Waals surface area contributed by atoms with Gasteiger partial charge in [-0.15, -0.1) is 0 Å². The van der Waals surface area contributed by atoms with Gasteiger partial charge in [-0.3, -0.25) is 19.5 Å². The van der Waals surface area contributed by atoms with Crippen molar-refractivity contribution in [3.05, 3.63) is 99.7 Å². The number of allylic oxidation sites excluding steroid dienone is 1. The second-order valence-corrected chi connectivity index (χ2v) is 11.5. The lowest BCUT2D eigenvalue weighted by atomic mass is 9.95. The predicted octanol–water partition coefficient (Wildman–Crippen LogP) is 4.83. The topological polar surface area (TPSA) is 131 Å². The summed E-state index contributed by atoms with van der Waals surface area (Å²) in [4.78, 5) is 43.4. The van der Waals surface area contributed by atoms with E-state index in [2.05, 4.69) is 27.5 Å². The number of benzene rings is 2. The number of rotatable bonds is 11. The molecule has 43 heavy (non-hydrogen) atoms. The van der Waals surface area contributed by atoms with Gasteiger partial charge in [0.05, 0.1) is 51.1 Å². The van der Waals surface area contributed by atoms with Gasteiger partial charge in [-0.25, -0.2) is 9.79 Å². The molecule has 1 atom stereocenters. The standard InChI is InChI=1S/C30H30BrN3O8S/c1-7-11-41-27-20(31)12-18(13-21(27)34(37)38)14-24-28(35)33-26(19-9-10-22(42-16(3)4)23(15-19)39-6)25(29(36)40-8-2)17(5)32-30(33)43-24/h7,9-10,12-16,26H,1,8,11H2,2-6H3/b24-14+/t26-/m0/s1. The largest absolute Gasteiger partial charge is 0.493 e. The van der Waals surface area contributed by atoms with Crippen LogP contribution in [0.4, 0.5) is 5.69 Å². The van der Waals surface area contributed by atoms with Crippen molar-refractivity contribution in [3.8, 4) is 17.2 Å². The Bertz CT molecular complexity index is 1810. The van der Waals surface area contributed by atoms with Gasteiger partial charge < -0.3 is 18.9 Å². The minimum Gasteiger partial charge on any atom is -0.493 e. The van der Waals surface area contributed by atoms with E-state index >= 15 is 0 Å². The van der Waals surface area contributed by atoms with Gasteiger partial charge >= 0.3 is 11.7 Å². The first kappa shape index (κ1) is 31.7. The first-order chi connectivity index (χ1) is 20.5. The number of fused-ring (bicyclic) bond motifs is 1. The molecule has 226 valence electrons. The van der Waals surface area contributed by atoms with Crippen molar-refractivity contribution in [1.82, 2.24) is 4.57 Å². The summed E-state index contributed by atoms with van der Waals surface area (Å²) in [7, 11) is 1.51. The monoisotopic (exact) mass is 671 g/mol. The second-order valence-electron chi connectivity index (χ2n) is 9.59. The summed E-state index contributed by atoms with van der Waals surface area (Å²) in [5, 5.41) is 11.8. The maximum atomic E-state index is 14.0. The normalized spacial score (nSPS) is 14.7. The molecular weight excluding hydrogens is 642 g/mol. The Morgan fingerprint density at radius 3 is 2.65 bits per heavy atom. The quantitative estimate of drug-likeness (QED) is 0.123. The molecule has 0 radical (unpaired) electrons. The molecule has 0 aliphatic carbocycles. The van der Waals surface area contributed by atoms with Gasteiger partial charge in [0, 0.05) is 6.07 Å². The first-order valence-corrected chi connectivity index (χ1v) is 14.9. The maximum absolute atomic E-state index is 14.0. The summed E-state index contributed by atoms with van der Waals surface area (Å²) in [5.41, 5.74) is 0.881. The SMILES string of the molecule is C=CCOc1c(Br)cc(/C=c2/sc3n(c2=O)[C@@H](c2ccc(OC(C)C)c(OC)c2)C(C(=O)OCC)=C(C)N=3)cc1[N+](=O)[O-]. The molecule has 0 N–H and O–H groups in total. The third-order valence-electron chi connectivity index (χ3n) is 6.27. The molecule has 1 aliphatic heterocycles. The van der Waals surface area contributed by atoms with Gasteiger partial charge in [-0.2, -0.15) is 0 Å². The fourth-order valence-electron chi connectivity index (χ4n) is 4.57. The summed E-state index contributed by atoms with van der Waals surface area (Å²) >= 11 is 4.45. The van der Waals surface area contributed by atoms with Crippen LogP contribution < -0.4 is 29.1 Å². The van der Waals surface area contributed by atoms with E-state index in [1.807, 2.05) is 13.8 Å². The van der Waals surface area contributed by atoms with Crippen molar-refractivity contribution in [2.24, 2.45) is 4.99 Å². The van der Waals surface area contributed by atoms with Crippen molar-refractivity contribution in [2.45, 2.75) is 39.8 Å². The van der Waals surface area contributed by atoms with Gasteiger partial charge in [0.1, 0.15) is 6.61 Å². The van der Waals surface area contributed by atoms with Gasteiger partial charge in [0.25, 0.3) is 5.56 Å². The molecule has 2 heterocycles. The molecule has 1 aromatic heterocycles. The number of methoxy groups -OCH3 is 1. The number of nitro benzene ring substituents is 1. The van der Waals surface area contributed by atoms with E-state index in [4.69, 9.17) is 18.9 Å². The number of nitro groups is 1. The van der Waals surface area contributed by atoms with E-state index < -0.39 is 22.5 Å². The Hall–Kier alpha value is -4.23. The van der Waals surface area contributed by atoms with Crippen LogP contribution in [0.25, 0.3) is 6.08 Å². The Labute approximate surface area is 259 Å². The summed E-state index contributed by atoms with van der Waals surface area (Å²) in [5.74, 6) is 0.401. The second kappa shape index (κ2) is 13.4. The van der Waals surface area contributed by atoms with E-state index in [9.17, 15) is 19.7 Å². The summed E-state index contributed by atoms with van der Waals surface area (Å²) < 4.78 is 24.3. The van der Waals surface area contributed by atoms with Crippen LogP contribution in [0.2, 0.25) is 0 Å². The van der Waals surface area contributed by atoms with Crippen molar-refractivity contribution >= 4 is 45.0 Å². The molecule has 0 bridgehead atoms. The minimum absolute atomic E-state index is 0.0528. The Morgan fingerprint density at radius 2 is 2.02 bits per heavy atom. The van der Waals surface area contributed by atoms with Crippen LogP contribution in [-0.4, -0.2) is 41.9 Å². The molecule has 1 aliphatic rings. The Kier molecular flexibility index (Phi) is 9.87. The summed E-state index contributed by atoms with van der Waals surface area (Å²) in [6, 6.07) is 7.29. The molecule has 11 nitrogen and oxygen atoms in total. The number of nitrogens with zero attached hydrogens (tertiary/aromatic N) is 3. The average Bonchev–Trinajstić information content (AvgIpc) is 3.25. The van der Waals surface area contributed by atoms with E-state index in [0.29, 0.717) is 37.6 Å². The van der Waals surface area contributed by atoms with Gasteiger partial charge in [0.2, 0.25) is 5.75 Å². The van der Waals surface area contributed by atoms with Crippen molar-refractivity contribution in [2.75, 3.05) is 20.3 Å². The number of esters is 1. The third kappa shape index (κ3) is 6.57. The highest BCUT2D eigenvalue weighted by Crippen LogP contribution is 2.38. The zero-order valence-corrected chi connectivity index (χ0v) is 26.6. The summed E-state index contributed by atoms with van der Waals surface area (Å²) in [6.45, 7) is 11.0. The predicted molar refractivity (Wildman–Crippen MR) is 166 cm³/mol. The van der Waals surface area contributed by atoms with E-state index in [1.165, 1.54) is 23.8 Å². The van der Waals surface area contributed by atoms with Crippen LogP contribution >= 0.6 is 27.3 Å². The number of aromatic nitrogens is 1. The zero-order valence-electron chi connectivity index (χ0n) is 24.2. The minimum atomic E-state index is -0.879. The highest BCUT2D eigenvalue weighted by Gasteiger charge is 2.34. The van der Waals surface area contributed by atoms with E-state index in [0.717, 1.165) is 11.3 Å². The zero-order chi connectivity index (χ0) is 31.4. The fourth-order valence-corrected chi connectivity index (χ4v) is 6.20. The smallest absolute Gasteiger partial charge is 0.338 e. The molecule has 0 fully saturated rings. The molecule has 0 saturated heterocycles. The van der Waals surface area contributed by atoms with Gasteiger partial charge in [0.15, 0.2) is 16.3 Å². The summed E-state index contributed by atoms with van der Waals surface area (Å²) in [6.07, 6.45) is 2.92. The molecule has 0 amide bonds. The Morgan fingerprint density at radius 1 is 1.28 bits per heavy atom. The van der Waals surface area contributed by atoms with Crippen molar-refractivity contribution in [1.29, 1.82) is 0 Å². The third-order valence-corrected chi connectivity index (χ3v) is 7.84.